The van der Waals surface area contributed by atoms with Crippen molar-refractivity contribution < 1.29 is 8.78 Å². The minimum atomic E-state index is -0.392. The van der Waals surface area contributed by atoms with Gasteiger partial charge in [0, 0.05) is 38.3 Å². The zero-order valence-electron chi connectivity index (χ0n) is 20.8. The van der Waals surface area contributed by atoms with Gasteiger partial charge in [0.05, 0.1) is 16.8 Å². The molecule has 7 nitrogen and oxygen atoms in total. The molecule has 5 aromatic rings. The lowest BCUT2D eigenvalue weighted by molar-refractivity contribution is 0.260. The maximum absolute atomic E-state index is 14.0. The van der Waals surface area contributed by atoms with Gasteiger partial charge in [0.1, 0.15) is 17.5 Å². The molecule has 38 heavy (non-hydrogen) atoms. The van der Waals surface area contributed by atoms with Gasteiger partial charge in [0.25, 0.3) is 0 Å². The van der Waals surface area contributed by atoms with E-state index in [4.69, 9.17) is 15.7 Å². The van der Waals surface area contributed by atoms with Crippen molar-refractivity contribution in [1.82, 2.24) is 24.6 Å². The Kier molecular flexibility index (Phi) is 6.43. The van der Waals surface area contributed by atoms with Crippen LogP contribution in [0, 0.1) is 11.6 Å². The van der Waals surface area contributed by atoms with E-state index in [9.17, 15) is 8.78 Å². The van der Waals surface area contributed by atoms with Crippen LogP contribution in [0.2, 0.25) is 0 Å². The third-order valence-electron chi connectivity index (χ3n) is 6.94. The van der Waals surface area contributed by atoms with Gasteiger partial charge in [-0.1, -0.05) is 36.4 Å². The fraction of sp³-hybridized carbons (Fsp3) is 0.207. The van der Waals surface area contributed by atoms with Crippen LogP contribution in [0.4, 0.5) is 20.5 Å². The normalized spacial score (nSPS) is 14.3. The summed E-state index contributed by atoms with van der Waals surface area (Å²) in [6.45, 7) is 4.31. The summed E-state index contributed by atoms with van der Waals surface area (Å²) >= 11 is 0. The molecule has 6 rings (SSSR count). The molecule has 0 atom stereocenters. The number of piperazine rings is 1. The maximum Gasteiger partial charge on any atom is 0.228 e. The summed E-state index contributed by atoms with van der Waals surface area (Å²) in [5.41, 5.74) is 10.0. The van der Waals surface area contributed by atoms with Crippen LogP contribution in [0.3, 0.4) is 0 Å². The summed E-state index contributed by atoms with van der Waals surface area (Å²) in [5.74, 6) is 0.108. The second kappa shape index (κ2) is 10.2. The molecular formula is C29H27F2N7. The molecule has 3 aromatic carbocycles. The van der Waals surface area contributed by atoms with Crippen molar-refractivity contribution >= 4 is 22.8 Å². The van der Waals surface area contributed by atoms with Crippen LogP contribution in [-0.4, -0.2) is 57.4 Å². The molecule has 192 valence electrons. The molecule has 0 radical (unpaired) electrons. The Labute approximate surface area is 219 Å². The number of benzene rings is 3. The third-order valence-corrected chi connectivity index (χ3v) is 6.94. The van der Waals surface area contributed by atoms with E-state index in [0.717, 1.165) is 39.1 Å². The van der Waals surface area contributed by atoms with Gasteiger partial charge in [-0.2, -0.15) is 4.98 Å². The van der Waals surface area contributed by atoms with Crippen molar-refractivity contribution in [3.05, 3.63) is 96.1 Å². The molecule has 9 heteroatoms. The highest BCUT2D eigenvalue weighted by Crippen LogP contribution is 2.33. The molecule has 1 aliphatic rings. The average Bonchev–Trinajstić information content (AvgIpc) is 3.29. The molecule has 0 saturated carbocycles. The van der Waals surface area contributed by atoms with Crippen molar-refractivity contribution in [2.24, 2.45) is 0 Å². The van der Waals surface area contributed by atoms with Gasteiger partial charge >= 0.3 is 0 Å². The lowest BCUT2D eigenvalue weighted by Crippen LogP contribution is -2.47. The van der Waals surface area contributed by atoms with Crippen LogP contribution in [0.25, 0.3) is 28.0 Å². The van der Waals surface area contributed by atoms with E-state index in [1.165, 1.54) is 34.5 Å². The fourth-order valence-electron chi connectivity index (χ4n) is 4.87. The van der Waals surface area contributed by atoms with Gasteiger partial charge in [-0.15, -0.1) is 5.10 Å². The number of anilines is 2. The van der Waals surface area contributed by atoms with Crippen LogP contribution < -0.4 is 10.6 Å². The number of rotatable bonds is 6. The summed E-state index contributed by atoms with van der Waals surface area (Å²) in [6.07, 6.45) is 1.01. The topological polar surface area (TPSA) is 76.1 Å². The third kappa shape index (κ3) is 4.80. The van der Waals surface area contributed by atoms with Gasteiger partial charge in [0.2, 0.25) is 5.95 Å². The Morgan fingerprint density at radius 2 is 1.55 bits per heavy atom. The Morgan fingerprint density at radius 1 is 0.789 bits per heavy atom. The first kappa shape index (κ1) is 24.0. The number of fused-ring (bicyclic) bond motifs is 1. The van der Waals surface area contributed by atoms with Crippen LogP contribution in [0.5, 0.6) is 0 Å². The van der Waals surface area contributed by atoms with Crippen LogP contribution in [0.1, 0.15) is 5.56 Å². The highest BCUT2D eigenvalue weighted by atomic mass is 19.1. The number of hydrogen-bond donors (Lipinski definition) is 1. The SMILES string of the molecule is Nc1c2c(-c3ccc(F)cc3)nc(N3CCN(CCc4ccccc4)CC3)nc2nn1-c1cccc(F)c1. The predicted molar refractivity (Wildman–Crippen MR) is 145 cm³/mol. The summed E-state index contributed by atoms with van der Waals surface area (Å²) in [4.78, 5) is 14.2. The zero-order chi connectivity index (χ0) is 26.1. The number of nitrogens with zero attached hydrogens (tertiary/aromatic N) is 6. The zero-order valence-corrected chi connectivity index (χ0v) is 20.8. The standard InChI is InChI=1S/C29H27F2N7/c30-22-11-9-21(10-12-22)26-25-27(32)38(24-8-4-7-23(31)19-24)35-28(25)34-29(33-26)37-17-15-36(16-18-37)14-13-20-5-2-1-3-6-20/h1-12,19H,13-18,32H2. The van der Waals surface area contributed by atoms with E-state index < -0.39 is 5.82 Å². The first-order valence-corrected chi connectivity index (χ1v) is 12.6. The molecular weight excluding hydrogens is 484 g/mol. The molecule has 3 heterocycles. The smallest absolute Gasteiger partial charge is 0.228 e. The van der Waals surface area contributed by atoms with Crippen LogP contribution >= 0.6 is 0 Å². The molecule has 0 amide bonds. The van der Waals surface area contributed by atoms with E-state index in [1.54, 1.807) is 24.3 Å². The summed E-state index contributed by atoms with van der Waals surface area (Å²) in [5, 5.41) is 5.17. The minimum Gasteiger partial charge on any atom is -0.383 e. The maximum atomic E-state index is 14.0. The van der Waals surface area contributed by atoms with Crippen LogP contribution in [-0.2, 0) is 6.42 Å². The van der Waals surface area contributed by atoms with Crippen molar-refractivity contribution in [2.45, 2.75) is 6.42 Å². The van der Waals surface area contributed by atoms with Crippen molar-refractivity contribution in [3.8, 4) is 16.9 Å². The van der Waals surface area contributed by atoms with E-state index in [0.29, 0.717) is 39.7 Å². The summed E-state index contributed by atoms with van der Waals surface area (Å²) < 4.78 is 29.1. The molecule has 2 N–H and O–H groups in total. The molecule has 1 fully saturated rings. The number of nitrogen functional groups attached to an aromatic ring is 1. The molecule has 1 saturated heterocycles. The molecule has 0 unspecified atom stereocenters. The Morgan fingerprint density at radius 3 is 2.29 bits per heavy atom. The summed E-state index contributed by atoms with van der Waals surface area (Å²) in [6, 6.07) is 22.7. The Balaban J connectivity index is 1.32. The summed E-state index contributed by atoms with van der Waals surface area (Å²) in [7, 11) is 0. The highest BCUT2D eigenvalue weighted by molar-refractivity contribution is 5.99. The van der Waals surface area contributed by atoms with E-state index in [-0.39, 0.29) is 5.82 Å². The molecule has 0 aliphatic carbocycles. The van der Waals surface area contributed by atoms with Crippen molar-refractivity contribution in [2.75, 3.05) is 43.4 Å². The first-order valence-electron chi connectivity index (χ1n) is 12.6. The fourth-order valence-corrected chi connectivity index (χ4v) is 4.87. The quantitative estimate of drug-likeness (QED) is 0.356. The van der Waals surface area contributed by atoms with Gasteiger partial charge in [-0.3, -0.25) is 4.90 Å². The van der Waals surface area contributed by atoms with Crippen molar-refractivity contribution in [3.63, 3.8) is 0 Å². The van der Waals surface area contributed by atoms with Gasteiger partial charge in [-0.25, -0.2) is 18.4 Å². The molecule has 2 aromatic heterocycles. The van der Waals surface area contributed by atoms with E-state index in [1.807, 2.05) is 6.07 Å². The minimum absolute atomic E-state index is 0.294. The average molecular weight is 512 g/mol. The Bertz CT molecular complexity index is 1560. The highest BCUT2D eigenvalue weighted by Gasteiger charge is 2.24. The Hall–Kier alpha value is -4.37. The second-order valence-corrected chi connectivity index (χ2v) is 9.42. The molecule has 0 bridgehead atoms. The van der Waals surface area contributed by atoms with Gasteiger partial charge in [0.15, 0.2) is 5.65 Å². The lowest BCUT2D eigenvalue weighted by Gasteiger charge is -2.34. The van der Waals surface area contributed by atoms with Gasteiger partial charge < -0.3 is 10.6 Å². The number of aromatic nitrogens is 4. The molecule has 1 aliphatic heterocycles. The van der Waals surface area contributed by atoms with Gasteiger partial charge in [-0.05, 0) is 54.4 Å². The van der Waals surface area contributed by atoms with E-state index >= 15 is 0 Å². The number of hydrogen-bond acceptors (Lipinski definition) is 6. The first-order chi connectivity index (χ1) is 18.5. The molecule has 0 spiro atoms. The van der Waals surface area contributed by atoms with E-state index in [2.05, 4.69) is 39.2 Å². The lowest BCUT2D eigenvalue weighted by atomic mass is 10.1. The predicted octanol–water partition coefficient (Wildman–Crippen LogP) is 4.71. The number of nitrogens with two attached hydrogens (primary N) is 1. The second-order valence-electron chi connectivity index (χ2n) is 9.42. The monoisotopic (exact) mass is 511 g/mol. The largest absolute Gasteiger partial charge is 0.383 e. The number of halogens is 2. The van der Waals surface area contributed by atoms with Crippen LogP contribution in [0.15, 0.2) is 78.9 Å². The van der Waals surface area contributed by atoms with Crippen molar-refractivity contribution in [1.29, 1.82) is 0 Å².